The topological polar surface area (TPSA) is 75.2 Å². The first-order valence-corrected chi connectivity index (χ1v) is 7.87. The van der Waals surface area contributed by atoms with Crippen molar-refractivity contribution >= 4 is 35.2 Å². The first-order chi connectivity index (χ1) is 12.1. The molecule has 1 aliphatic heterocycles. The van der Waals surface area contributed by atoms with Crippen LogP contribution in [0.4, 0.5) is 0 Å². The lowest BCUT2D eigenvalue weighted by Crippen LogP contribution is -2.53. The van der Waals surface area contributed by atoms with Crippen LogP contribution in [0.1, 0.15) is 5.56 Å². The minimum absolute atomic E-state index is 0.0303. The van der Waals surface area contributed by atoms with Crippen LogP contribution in [-0.4, -0.2) is 38.3 Å². The Labute approximate surface area is 149 Å². The molecule has 1 aromatic heterocycles. The van der Waals surface area contributed by atoms with Gasteiger partial charge in [0.25, 0.3) is 11.8 Å². The number of amides is 2. The largest absolute Gasteiger partial charge is 0.298 e. The molecule has 2 amide bonds. The molecular weight excluding hydrogens is 336 g/mol. The van der Waals surface area contributed by atoms with Gasteiger partial charge in [0, 0.05) is 24.5 Å². The van der Waals surface area contributed by atoms with Gasteiger partial charge in [0.2, 0.25) is 0 Å². The van der Waals surface area contributed by atoms with Crippen LogP contribution in [0.15, 0.2) is 61.1 Å². The summed E-state index contributed by atoms with van der Waals surface area (Å²) in [5.41, 5.74) is 2.39. The summed E-state index contributed by atoms with van der Waals surface area (Å²) in [7, 11) is 0. The molecule has 0 radical (unpaired) electrons. The molecule has 25 heavy (non-hydrogen) atoms. The molecule has 0 unspecified atom stereocenters. The van der Waals surface area contributed by atoms with E-state index < -0.39 is 11.8 Å². The van der Waals surface area contributed by atoms with Crippen LogP contribution >= 0.6 is 12.2 Å². The lowest BCUT2D eigenvalue weighted by Gasteiger charge is -2.27. The number of carbonyl (C=O) groups excluding carboxylic acids is 2. The molecule has 1 fully saturated rings. The molecule has 0 spiro atoms. The fourth-order valence-corrected chi connectivity index (χ4v) is 2.60. The van der Waals surface area contributed by atoms with Crippen LogP contribution in [0.25, 0.3) is 17.3 Å². The van der Waals surface area contributed by atoms with Crippen LogP contribution in [-0.2, 0) is 9.59 Å². The van der Waals surface area contributed by atoms with Crippen LogP contribution in [0.5, 0.6) is 0 Å². The standard InChI is InChI=1S/C18H14N4O2S/c1-2-9-22-17(24)14(16(23)21-18(22)25)10-12-3-5-13(6-4-12)15-11-19-7-8-20-15/h2-8,10-11H,1,9H2,(H,21,23,25). The fraction of sp³-hybridized carbons (Fsp3) is 0.0556. The average molecular weight is 350 g/mol. The third-order valence-electron chi connectivity index (χ3n) is 3.58. The molecule has 1 aromatic carbocycles. The summed E-state index contributed by atoms with van der Waals surface area (Å²) in [6.45, 7) is 3.83. The van der Waals surface area contributed by atoms with Gasteiger partial charge in [0.15, 0.2) is 5.11 Å². The van der Waals surface area contributed by atoms with Crippen LogP contribution in [0.2, 0.25) is 0 Å². The number of thiocarbonyl (C=S) groups is 1. The van der Waals surface area contributed by atoms with Gasteiger partial charge in [0.1, 0.15) is 5.57 Å². The second-order valence-electron chi connectivity index (χ2n) is 5.23. The van der Waals surface area contributed by atoms with Crippen LogP contribution in [0.3, 0.4) is 0 Å². The SMILES string of the molecule is C=CCN1C(=O)C(=Cc2ccc(-c3cnccn3)cc2)C(=O)NC1=S. The maximum absolute atomic E-state index is 12.5. The van der Waals surface area contributed by atoms with Crippen LogP contribution < -0.4 is 5.32 Å². The van der Waals surface area contributed by atoms with Gasteiger partial charge in [-0.15, -0.1) is 6.58 Å². The maximum Gasteiger partial charge on any atom is 0.265 e. The summed E-state index contributed by atoms with van der Waals surface area (Å²) in [6, 6.07) is 7.33. The normalized spacial score (nSPS) is 16.1. The summed E-state index contributed by atoms with van der Waals surface area (Å²) >= 11 is 5.02. The monoisotopic (exact) mass is 350 g/mol. The van der Waals surface area contributed by atoms with Crippen molar-refractivity contribution in [1.29, 1.82) is 0 Å². The molecule has 1 N–H and O–H groups in total. The molecular formula is C18H14N4O2S. The zero-order chi connectivity index (χ0) is 17.8. The highest BCUT2D eigenvalue weighted by molar-refractivity contribution is 7.80. The van der Waals surface area contributed by atoms with Crippen molar-refractivity contribution < 1.29 is 9.59 Å². The Morgan fingerprint density at radius 1 is 1.20 bits per heavy atom. The van der Waals surface area contributed by atoms with Gasteiger partial charge in [-0.1, -0.05) is 30.3 Å². The van der Waals surface area contributed by atoms with Gasteiger partial charge in [-0.25, -0.2) is 0 Å². The first-order valence-electron chi connectivity index (χ1n) is 7.46. The fourth-order valence-electron chi connectivity index (χ4n) is 2.35. The molecule has 6 nitrogen and oxygen atoms in total. The highest BCUT2D eigenvalue weighted by Gasteiger charge is 2.32. The van der Waals surface area contributed by atoms with Gasteiger partial charge in [0.05, 0.1) is 11.9 Å². The van der Waals surface area contributed by atoms with Gasteiger partial charge in [-0.3, -0.25) is 29.8 Å². The van der Waals surface area contributed by atoms with E-state index in [9.17, 15) is 9.59 Å². The Morgan fingerprint density at radius 3 is 2.60 bits per heavy atom. The van der Waals surface area contributed by atoms with E-state index in [2.05, 4.69) is 21.9 Å². The highest BCUT2D eigenvalue weighted by Crippen LogP contribution is 2.19. The smallest absolute Gasteiger partial charge is 0.265 e. The number of aromatic nitrogens is 2. The zero-order valence-corrected chi connectivity index (χ0v) is 14.0. The summed E-state index contributed by atoms with van der Waals surface area (Å²) in [5, 5.41) is 2.60. The molecule has 0 aliphatic carbocycles. The van der Waals surface area contributed by atoms with Crippen molar-refractivity contribution in [2.24, 2.45) is 0 Å². The predicted octanol–water partition coefficient (Wildman–Crippen LogP) is 1.96. The number of benzene rings is 1. The van der Waals surface area contributed by atoms with E-state index in [-0.39, 0.29) is 17.2 Å². The van der Waals surface area contributed by atoms with Gasteiger partial charge < -0.3 is 0 Å². The van der Waals surface area contributed by atoms with E-state index in [0.29, 0.717) is 0 Å². The summed E-state index contributed by atoms with van der Waals surface area (Å²) in [4.78, 5) is 34.1. The molecule has 1 saturated heterocycles. The summed E-state index contributed by atoms with van der Waals surface area (Å²) < 4.78 is 0. The predicted molar refractivity (Wildman–Crippen MR) is 98.1 cm³/mol. The second-order valence-corrected chi connectivity index (χ2v) is 5.62. The number of rotatable bonds is 4. The van der Waals surface area contributed by atoms with Gasteiger partial charge in [-0.05, 0) is 23.9 Å². The van der Waals surface area contributed by atoms with E-state index in [1.54, 1.807) is 24.7 Å². The molecule has 2 aromatic rings. The molecule has 2 heterocycles. The quantitative estimate of drug-likeness (QED) is 0.395. The Bertz CT molecular complexity index is 876. The zero-order valence-electron chi connectivity index (χ0n) is 13.2. The second kappa shape index (κ2) is 7.14. The van der Waals surface area contributed by atoms with Gasteiger partial charge >= 0.3 is 0 Å². The maximum atomic E-state index is 12.5. The summed E-state index contributed by atoms with van der Waals surface area (Å²) in [6.07, 6.45) is 7.98. The lowest BCUT2D eigenvalue weighted by molar-refractivity contribution is -0.128. The third-order valence-corrected chi connectivity index (χ3v) is 3.90. The Balaban J connectivity index is 1.88. The number of hydrogen-bond donors (Lipinski definition) is 1. The number of nitrogens with zero attached hydrogens (tertiary/aromatic N) is 3. The molecule has 124 valence electrons. The van der Waals surface area contributed by atoms with Crippen LogP contribution in [0, 0.1) is 0 Å². The Hall–Kier alpha value is -3.19. The van der Waals surface area contributed by atoms with Crippen molar-refractivity contribution in [3.05, 3.63) is 66.6 Å². The molecule has 3 rings (SSSR count). The minimum Gasteiger partial charge on any atom is -0.298 e. The van der Waals surface area contributed by atoms with Crippen molar-refractivity contribution in [3.8, 4) is 11.3 Å². The van der Waals surface area contributed by atoms with Gasteiger partial charge in [-0.2, -0.15) is 0 Å². The number of carbonyl (C=O) groups is 2. The average Bonchev–Trinajstić information content (AvgIpc) is 2.63. The van der Waals surface area contributed by atoms with E-state index >= 15 is 0 Å². The number of hydrogen-bond acceptors (Lipinski definition) is 5. The highest BCUT2D eigenvalue weighted by atomic mass is 32.1. The first kappa shape index (κ1) is 16.7. The van der Waals surface area contributed by atoms with E-state index in [0.717, 1.165) is 16.8 Å². The van der Waals surface area contributed by atoms with Crippen molar-refractivity contribution in [2.45, 2.75) is 0 Å². The Kier molecular flexibility index (Phi) is 4.76. The molecule has 7 heteroatoms. The number of nitrogens with one attached hydrogen (secondary N) is 1. The molecule has 0 bridgehead atoms. The van der Waals surface area contributed by atoms with E-state index in [1.165, 1.54) is 11.0 Å². The Morgan fingerprint density at radius 2 is 1.96 bits per heavy atom. The third kappa shape index (κ3) is 3.51. The lowest BCUT2D eigenvalue weighted by atomic mass is 10.0. The molecule has 0 atom stereocenters. The molecule has 0 saturated carbocycles. The van der Waals surface area contributed by atoms with Crippen molar-refractivity contribution in [1.82, 2.24) is 20.2 Å². The van der Waals surface area contributed by atoms with E-state index in [1.807, 2.05) is 24.3 Å². The summed E-state index contributed by atoms with van der Waals surface area (Å²) in [5.74, 6) is -0.944. The van der Waals surface area contributed by atoms with Crippen molar-refractivity contribution in [2.75, 3.05) is 6.54 Å². The minimum atomic E-state index is -0.506. The van der Waals surface area contributed by atoms with E-state index in [4.69, 9.17) is 12.2 Å². The van der Waals surface area contributed by atoms with Crippen molar-refractivity contribution in [3.63, 3.8) is 0 Å². The molecule has 1 aliphatic rings.